The predicted octanol–water partition coefficient (Wildman–Crippen LogP) is 25.8. The van der Waals surface area contributed by atoms with Crippen LogP contribution in [0.15, 0.2) is 34.6 Å². The fraction of sp³-hybridized carbons (Fsp3) is 0.875. The van der Waals surface area contributed by atoms with Crippen molar-refractivity contribution in [3.05, 3.63) is 34.6 Å². The first-order chi connectivity index (χ1) is 64.3. The van der Waals surface area contributed by atoms with E-state index >= 15 is 0 Å². The van der Waals surface area contributed by atoms with Crippen LogP contribution in [-0.2, 0) is 71.6 Å². The van der Waals surface area contributed by atoms with Crippen LogP contribution in [0.2, 0.25) is 0 Å². The molecule has 0 aliphatic heterocycles. The van der Waals surface area contributed by atoms with E-state index < -0.39 is 11.4 Å². The van der Waals surface area contributed by atoms with Crippen molar-refractivity contribution in [2.75, 3.05) is 14.2 Å². The summed E-state index contributed by atoms with van der Waals surface area (Å²) in [5.74, 6) is 16.6. The van der Waals surface area contributed by atoms with E-state index in [0.29, 0.717) is 154 Å². The largest absolute Gasteiger partial charge is 0.512 e. The SMILES string of the molecule is CC(C)(C)O[C@@H]1CC[C@@H]2[C@H]3CCC(=O)C[C@@H]3CC[C@]21C.CC(C)(C)O[C@@H]1CC[C@@H]2[C@H]3C[C@H]4CCC(=O)C=C4C[C@@H]3CC[C@]21C.COC(=O)C1(CCC(C)=O)C[C@H]2[C@@H](CC[C@]3(C)[C@@H]2CC[C@H]3OC(C)(C)C)CC1=O.COC(=O)C1=C(O)C[C@@H]2CC[C@]3(C)[C@H](CC[C@H]3OC(C)(C)C)[C@H]2C1.C[C@@]12CC[C@H]3CC4=CC(=O)CC[C@@H]4C[C@@H]3[C@H]1CC[C@H]2O.C[C@@]12CC[C@H]3C[C@H]4CC(=O)CC[C@@H]4C[C@@H]3[C@H]1CCC2=O. The van der Waals surface area contributed by atoms with Crippen molar-refractivity contribution < 1.29 is 81.8 Å². The third-order valence-corrected chi connectivity index (χ3v) is 43.2. The molecule has 137 heavy (non-hydrogen) atoms. The van der Waals surface area contributed by atoms with E-state index in [-0.39, 0.29) is 92.4 Å². The number of ketones is 7. The van der Waals surface area contributed by atoms with Crippen LogP contribution in [0.4, 0.5) is 0 Å². The number of aliphatic hydroxyl groups excluding tert-OH is 2. The first-order valence-electron chi connectivity index (χ1n) is 56.3. The summed E-state index contributed by atoms with van der Waals surface area (Å²) in [7, 11) is 2.74. The summed E-state index contributed by atoms with van der Waals surface area (Å²) in [5.41, 5.74) is 3.13. The molecular weight excluding hydrogens is 1710 g/mol. The molecule has 21 aliphatic rings. The van der Waals surface area contributed by atoms with Gasteiger partial charge in [0.05, 0.1) is 72.7 Å². The molecule has 18 saturated carbocycles. The maximum atomic E-state index is 13.2. The first kappa shape index (κ1) is 105. The molecule has 0 bridgehead atoms. The zero-order chi connectivity index (χ0) is 98.8. The van der Waals surface area contributed by atoms with Crippen molar-refractivity contribution in [2.24, 2.45) is 168 Å². The number of hydrogen-bond acceptors (Lipinski definition) is 17. The second-order valence-electron chi connectivity index (χ2n) is 55.3. The number of hydrogen-bond donors (Lipinski definition) is 2. The van der Waals surface area contributed by atoms with Gasteiger partial charge in [-0.25, -0.2) is 4.79 Å². The maximum Gasteiger partial charge on any atom is 0.337 e. The second kappa shape index (κ2) is 40.4. The number of allylic oxidation sites excluding steroid dienone is 5. The molecule has 0 radical (unpaired) electrons. The van der Waals surface area contributed by atoms with Crippen LogP contribution in [0.5, 0.6) is 0 Å². The standard InChI is InChI=1S/C24H38O5.C22H34O2.C20H32O4.2C18H26O2.C18H30O2/c1-15(25)9-12-24(21(27)28-6)14-17-16(13-19(24)26)10-11-23(5)18(17)7-8-20(23)29-22(2,3)4;1-21(2,3)24-20-8-7-19-18-13-14-5-6-17(23)12-16(14)11-15(18)9-10-22(19,20)4;1-19(2,3)24-17-7-6-15-13-11-14(18(22)23-5)16(21)10-12(13)8-9-20(15,17)4;2*1-18-7-6-12-8-13-9-14(19)3-2-11(13)10-15(12)16(18)4-5-17(18)20;1-17(2,3)20-16-8-7-15-14-6-5-13(19)11-12(14)9-10-18(15,16)4/h16-18,20H,7-14H2,1-6H3;12,14-15,18-20H,5-11,13H2,1-4H3;12-13,15,17,21H,6-11H2,1-5H3;11-13,15-16H,2-10H2,1H3;9,11-12,15-17,20H,2-8,10H2,1H3;12,14-16H,5-11H2,1-4H3/t16-,17-,18+,20+,23+,24?;14-,15+,18+,19-,20-,22-;12-,13-,15+,17+,20+;11-,12+,13+,15+,16-,18-;11-,12+,15+,16-,17-,18-;12-,14-,15+,16+,18+/m010110/s1. The van der Waals surface area contributed by atoms with Gasteiger partial charge in [-0.05, 0) is 491 Å². The molecule has 768 valence electrons. The molecule has 0 saturated heterocycles. The number of methoxy groups -OCH3 is 2. The van der Waals surface area contributed by atoms with E-state index in [1.807, 2.05) is 12.2 Å². The van der Waals surface area contributed by atoms with Crippen LogP contribution in [0.25, 0.3) is 0 Å². The molecule has 0 heterocycles. The molecule has 34 atom stereocenters. The lowest BCUT2D eigenvalue weighted by Crippen LogP contribution is -2.54. The fourth-order valence-electron chi connectivity index (χ4n) is 36.3. The Morgan fingerprint density at radius 2 is 0.774 bits per heavy atom. The van der Waals surface area contributed by atoms with E-state index in [1.165, 1.54) is 148 Å². The smallest absolute Gasteiger partial charge is 0.337 e. The summed E-state index contributed by atoms with van der Waals surface area (Å²) in [6.07, 6.45) is 53.1. The Morgan fingerprint density at radius 3 is 1.25 bits per heavy atom. The lowest BCUT2D eigenvalue weighted by atomic mass is 9.51. The summed E-state index contributed by atoms with van der Waals surface area (Å²) in [6.45, 7) is 41.7. The Hall–Kier alpha value is -4.55. The van der Waals surface area contributed by atoms with Gasteiger partial charge in [0.25, 0.3) is 0 Å². The Morgan fingerprint density at radius 1 is 0.365 bits per heavy atom. The third kappa shape index (κ3) is 21.5. The van der Waals surface area contributed by atoms with Crippen LogP contribution in [-0.4, -0.2) is 130 Å². The fourth-order valence-corrected chi connectivity index (χ4v) is 36.3. The van der Waals surface area contributed by atoms with Gasteiger partial charge in [-0.3, -0.25) is 33.6 Å². The predicted molar refractivity (Wildman–Crippen MR) is 535 cm³/mol. The summed E-state index contributed by atoms with van der Waals surface area (Å²) in [5, 5.41) is 20.7. The quantitative estimate of drug-likeness (QED) is 0.161. The van der Waals surface area contributed by atoms with Gasteiger partial charge < -0.3 is 43.4 Å². The number of carbonyl (C=O) groups excluding carboxylic acids is 9. The average Bonchev–Trinajstić information content (AvgIpc) is 1.60. The average molecular weight is 1900 g/mol. The second-order valence-corrected chi connectivity index (χ2v) is 55.3. The number of esters is 2. The lowest BCUT2D eigenvalue weighted by molar-refractivity contribution is -0.170. The third-order valence-electron chi connectivity index (χ3n) is 43.2. The van der Waals surface area contributed by atoms with Crippen LogP contribution < -0.4 is 0 Å². The summed E-state index contributed by atoms with van der Waals surface area (Å²) >= 11 is 0. The summed E-state index contributed by atoms with van der Waals surface area (Å²) in [6, 6.07) is 0. The molecule has 21 rings (SSSR count). The highest BCUT2D eigenvalue weighted by molar-refractivity contribution is 6.05. The van der Waals surface area contributed by atoms with Gasteiger partial charge in [-0.1, -0.05) is 52.7 Å². The number of rotatable bonds is 9. The normalized spacial score (nSPS) is 44.7. The summed E-state index contributed by atoms with van der Waals surface area (Å²) < 4.78 is 35.8. The Bertz CT molecular complexity index is 4530. The Labute approximate surface area is 826 Å². The van der Waals surface area contributed by atoms with Crippen LogP contribution in [0.3, 0.4) is 0 Å². The van der Waals surface area contributed by atoms with Gasteiger partial charge in [-0.2, -0.15) is 0 Å². The molecule has 0 amide bonds. The number of aliphatic hydroxyl groups is 2. The Kier molecular flexibility index (Phi) is 31.0. The molecule has 21 aliphatic carbocycles. The van der Waals surface area contributed by atoms with Crippen molar-refractivity contribution in [3.63, 3.8) is 0 Å². The van der Waals surface area contributed by atoms with Gasteiger partial charge >= 0.3 is 11.9 Å². The molecule has 1 unspecified atom stereocenters. The van der Waals surface area contributed by atoms with E-state index in [4.69, 9.17) is 28.4 Å². The van der Waals surface area contributed by atoms with E-state index in [1.54, 1.807) is 0 Å². The van der Waals surface area contributed by atoms with Gasteiger partial charge in [0.15, 0.2) is 11.6 Å². The Balaban J connectivity index is 0.000000120. The maximum absolute atomic E-state index is 13.2. The van der Waals surface area contributed by atoms with Crippen molar-refractivity contribution >= 4 is 52.4 Å². The van der Waals surface area contributed by atoms with Crippen molar-refractivity contribution in [3.8, 4) is 0 Å². The molecule has 18 fully saturated rings. The molecular formula is C120H186O17. The molecule has 0 aromatic carbocycles. The van der Waals surface area contributed by atoms with Gasteiger partial charge in [0.2, 0.25) is 0 Å². The lowest BCUT2D eigenvalue weighted by Gasteiger charge is -2.53. The number of carbonyl (C=O) groups is 9. The molecule has 17 heteroatoms. The topological polar surface area (TPSA) is 249 Å². The highest BCUT2D eigenvalue weighted by Gasteiger charge is 2.66. The molecule has 0 spiro atoms. The molecule has 2 N–H and O–H groups in total. The first-order valence-corrected chi connectivity index (χ1v) is 56.3. The highest BCUT2D eigenvalue weighted by Crippen LogP contribution is 2.69. The minimum absolute atomic E-state index is 0.0104. The van der Waals surface area contributed by atoms with Crippen molar-refractivity contribution in [2.45, 2.75) is 480 Å². The van der Waals surface area contributed by atoms with Gasteiger partial charge in [-0.15, -0.1) is 0 Å². The van der Waals surface area contributed by atoms with E-state index in [2.05, 4.69) is 125 Å². The number of ether oxygens (including phenoxy) is 6. The zero-order valence-electron chi connectivity index (χ0n) is 89.3. The van der Waals surface area contributed by atoms with Crippen LogP contribution in [0.1, 0.15) is 427 Å². The van der Waals surface area contributed by atoms with E-state index in [0.717, 1.165) is 206 Å². The van der Waals surface area contributed by atoms with Gasteiger partial charge in [0, 0.05) is 69.6 Å². The minimum Gasteiger partial charge on any atom is -0.512 e. The zero-order valence-corrected chi connectivity index (χ0v) is 89.3. The minimum atomic E-state index is -1.15. The van der Waals surface area contributed by atoms with Crippen molar-refractivity contribution in [1.82, 2.24) is 0 Å². The van der Waals surface area contributed by atoms with E-state index in [9.17, 15) is 53.4 Å². The number of Topliss-reactive ketones (excluding diaryl/α,β-unsaturated/α-hetero) is 5. The van der Waals surface area contributed by atoms with Gasteiger partial charge in [0.1, 0.15) is 40.1 Å². The van der Waals surface area contributed by atoms with Crippen LogP contribution in [0, 0.1) is 168 Å². The molecule has 0 aromatic rings. The summed E-state index contributed by atoms with van der Waals surface area (Å²) in [4.78, 5) is 109. The monoisotopic (exact) mass is 1900 g/mol. The van der Waals surface area contributed by atoms with Crippen LogP contribution >= 0.6 is 0 Å². The highest BCUT2D eigenvalue weighted by atomic mass is 16.5. The molecule has 0 aromatic heterocycles. The molecule has 17 nitrogen and oxygen atoms in total. The number of fused-ring (bicyclic) bond motifs is 21. The van der Waals surface area contributed by atoms with Crippen molar-refractivity contribution in [1.29, 1.82) is 0 Å².